The Bertz CT molecular complexity index is 1120. The number of nitrogens with zero attached hydrogens (tertiary/aromatic N) is 1. The zero-order valence-corrected chi connectivity index (χ0v) is 15.7. The second-order valence-electron chi connectivity index (χ2n) is 6.58. The van der Waals surface area contributed by atoms with E-state index in [1.807, 2.05) is 0 Å². The first-order chi connectivity index (χ1) is 13.7. The molecule has 29 heavy (non-hydrogen) atoms. The van der Waals surface area contributed by atoms with E-state index in [0.717, 1.165) is 0 Å². The number of Topliss-reactive ketones (excluding diaryl/α,β-unsaturated/α-hetero) is 1. The highest BCUT2D eigenvalue weighted by Crippen LogP contribution is 2.28. The van der Waals surface area contributed by atoms with Gasteiger partial charge >= 0.3 is 0 Å². The molecule has 4 rings (SSSR count). The third-order valence-corrected chi connectivity index (χ3v) is 4.46. The molecule has 0 heterocycles. The van der Waals surface area contributed by atoms with Crippen molar-refractivity contribution in [3.8, 4) is 11.5 Å². The lowest BCUT2D eigenvalue weighted by molar-refractivity contribution is 0.0960. The maximum absolute atomic E-state index is 12.0. The molecule has 2 aromatic carbocycles. The van der Waals surface area contributed by atoms with Crippen LogP contribution in [0.2, 0.25) is 0 Å². The van der Waals surface area contributed by atoms with Crippen molar-refractivity contribution in [1.82, 2.24) is 4.90 Å². The van der Waals surface area contributed by atoms with E-state index in [1.165, 1.54) is 36.4 Å². The van der Waals surface area contributed by atoms with Crippen molar-refractivity contribution in [3.63, 3.8) is 0 Å². The number of benzene rings is 2. The molecule has 0 fully saturated rings. The zero-order valence-electron chi connectivity index (χ0n) is 15.7. The quantitative estimate of drug-likeness (QED) is 0.768. The van der Waals surface area contributed by atoms with E-state index < -0.39 is 0 Å². The summed E-state index contributed by atoms with van der Waals surface area (Å²) in [6.07, 6.45) is 3.64. The summed E-state index contributed by atoms with van der Waals surface area (Å²) in [6.45, 7) is 0. The summed E-state index contributed by atoms with van der Waals surface area (Å²) < 4.78 is 0. The van der Waals surface area contributed by atoms with E-state index in [1.54, 1.807) is 37.2 Å². The van der Waals surface area contributed by atoms with Crippen LogP contribution in [0.4, 0.5) is 0 Å². The van der Waals surface area contributed by atoms with Gasteiger partial charge in [-0.2, -0.15) is 0 Å². The Morgan fingerprint density at radius 3 is 1.76 bits per heavy atom. The molecule has 2 N–H and O–H groups in total. The maximum Gasteiger partial charge on any atom is 0.210 e. The Morgan fingerprint density at radius 1 is 0.690 bits per heavy atom. The number of phenols is 2. The molecule has 2 aromatic rings. The molecule has 0 radical (unpaired) electrons. The number of allylic oxidation sites excluding steroid dienone is 4. The Morgan fingerprint density at radius 2 is 1.21 bits per heavy atom. The first-order valence-corrected chi connectivity index (χ1v) is 8.61. The zero-order chi connectivity index (χ0) is 21.3. The molecule has 146 valence electrons. The average Bonchev–Trinajstić information content (AvgIpc) is 2.68. The molecule has 0 atom stereocenters. The molecule has 0 amide bonds. The fraction of sp³-hybridized carbons (Fsp3) is 0.0909. The minimum atomic E-state index is -0.337. The lowest BCUT2D eigenvalue weighted by Gasteiger charge is -2.21. The highest BCUT2D eigenvalue weighted by molar-refractivity contribution is 6.25. The molecular weight excluding hydrogens is 374 g/mol. The van der Waals surface area contributed by atoms with Gasteiger partial charge in [0.1, 0.15) is 11.5 Å². The lowest BCUT2D eigenvalue weighted by atomic mass is 9.91. The van der Waals surface area contributed by atoms with Crippen molar-refractivity contribution < 1.29 is 29.4 Å². The summed E-state index contributed by atoms with van der Waals surface area (Å²) in [4.78, 5) is 47.8. The predicted molar refractivity (Wildman–Crippen MR) is 104 cm³/mol. The molecule has 7 heteroatoms. The van der Waals surface area contributed by atoms with Crippen LogP contribution in [0.25, 0.3) is 0 Å². The van der Waals surface area contributed by atoms with Gasteiger partial charge in [0.15, 0.2) is 17.3 Å². The first-order valence-electron chi connectivity index (χ1n) is 8.61. The van der Waals surface area contributed by atoms with E-state index in [-0.39, 0.29) is 56.9 Å². The van der Waals surface area contributed by atoms with Crippen LogP contribution < -0.4 is 0 Å². The van der Waals surface area contributed by atoms with Crippen LogP contribution in [-0.2, 0) is 0 Å². The monoisotopic (exact) mass is 391 g/mol. The third kappa shape index (κ3) is 3.58. The third-order valence-electron chi connectivity index (χ3n) is 4.46. The van der Waals surface area contributed by atoms with Crippen molar-refractivity contribution in [1.29, 1.82) is 0 Å². The fourth-order valence-electron chi connectivity index (χ4n) is 3.05. The van der Waals surface area contributed by atoms with Crippen LogP contribution >= 0.6 is 0 Å². The molecule has 0 saturated carbocycles. The SMILES string of the molecule is CN(C)C1=CC(=O)c2c(O)cccc2C1=O.O=C1C=CC(=O)c2c(O)cccc21. The standard InChI is InChI=1S/C12H11NO3.C10H6O3/c1-13(2)8-6-10(15)11-7(12(8)16)4-3-5-9(11)14;11-7-4-5-9(13)10-6(7)2-1-3-8(10)12/h3-6,14H,1-2H3;1-5,12H. The van der Waals surface area contributed by atoms with Gasteiger partial charge in [0, 0.05) is 31.3 Å². The van der Waals surface area contributed by atoms with Crippen molar-refractivity contribution >= 4 is 23.1 Å². The number of likely N-dealkylation sites (N-methyl/N-ethyl adjacent to an activating group) is 1. The highest BCUT2D eigenvalue weighted by atomic mass is 16.3. The molecular formula is C22H17NO6. The van der Waals surface area contributed by atoms with Gasteiger partial charge in [-0.1, -0.05) is 18.2 Å². The van der Waals surface area contributed by atoms with Gasteiger partial charge in [0.05, 0.1) is 16.8 Å². The first kappa shape index (κ1) is 19.8. The molecule has 0 unspecified atom stereocenters. The number of ketones is 4. The minimum absolute atomic E-state index is 0.0955. The number of phenolic OH excluding ortho intramolecular Hbond substituents is 2. The van der Waals surface area contributed by atoms with E-state index in [9.17, 15) is 29.4 Å². The number of carbonyl (C=O) groups excluding carboxylic acids is 4. The highest BCUT2D eigenvalue weighted by Gasteiger charge is 2.28. The number of rotatable bonds is 1. The number of aromatic hydroxyl groups is 2. The lowest BCUT2D eigenvalue weighted by Crippen LogP contribution is -2.26. The van der Waals surface area contributed by atoms with E-state index >= 15 is 0 Å². The van der Waals surface area contributed by atoms with Gasteiger partial charge in [-0.15, -0.1) is 0 Å². The van der Waals surface area contributed by atoms with Crippen molar-refractivity contribution in [2.24, 2.45) is 0 Å². The van der Waals surface area contributed by atoms with Gasteiger partial charge in [-0.3, -0.25) is 19.2 Å². The summed E-state index contributed by atoms with van der Waals surface area (Å²) in [5, 5.41) is 18.9. The summed E-state index contributed by atoms with van der Waals surface area (Å²) >= 11 is 0. The smallest absolute Gasteiger partial charge is 0.210 e. The minimum Gasteiger partial charge on any atom is -0.507 e. The Labute approximate surface area is 166 Å². The van der Waals surface area contributed by atoms with Crippen LogP contribution in [0.1, 0.15) is 41.4 Å². The molecule has 2 aliphatic carbocycles. The van der Waals surface area contributed by atoms with Gasteiger partial charge in [0.2, 0.25) is 5.78 Å². The summed E-state index contributed by atoms with van der Waals surface area (Å²) in [7, 11) is 3.40. The number of carbonyl (C=O) groups is 4. The van der Waals surface area contributed by atoms with Gasteiger partial charge < -0.3 is 15.1 Å². The molecule has 0 aromatic heterocycles. The number of hydrogen-bond acceptors (Lipinski definition) is 7. The van der Waals surface area contributed by atoms with Crippen LogP contribution in [-0.4, -0.2) is 52.3 Å². The Hall–Kier alpha value is -4.00. The molecule has 0 saturated heterocycles. The normalized spacial score (nSPS) is 14.5. The van der Waals surface area contributed by atoms with Crippen molar-refractivity contribution in [2.45, 2.75) is 0 Å². The largest absolute Gasteiger partial charge is 0.507 e. The summed E-state index contributed by atoms with van der Waals surface area (Å²) in [5.41, 5.74) is 1.07. The summed E-state index contributed by atoms with van der Waals surface area (Å²) in [5.74, 6) is -1.43. The number of hydrogen-bond donors (Lipinski definition) is 2. The molecule has 2 aliphatic rings. The number of fused-ring (bicyclic) bond motifs is 2. The maximum atomic E-state index is 12.0. The fourth-order valence-corrected chi connectivity index (χ4v) is 3.05. The predicted octanol–water partition coefficient (Wildman–Crippen LogP) is 2.54. The van der Waals surface area contributed by atoms with Gasteiger partial charge in [-0.25, -0.2) is 0 Å². The van der Waals surface area contributed by atoms with Crippen LogP contribution in [0.5, 0.6) is 11.5 Å². The Kier molecular flexibility index (Phi) is 5.14. The molecule has 7 nitrogen and oxygen atoms in total. The molecule has 0 bridgehead atoms. The van der Waals surface area contributed by atoms with E-state index in [2.05, 4.69) is 0 Å². The van der Waals surface area contributed by atoms with Crippen LogP contribution in [0, 0.1) is 0 Å². The average molecular weight is 391 g/mol. The van der Waals surface area contributed by atoms with E-state index in [4.69, 9.17) is 0 Å². The van der Waals surface area contributed by atoms with E-state index in [0.29, 0.717) is 5.70 Å². The molecule has 0 aliphatic heterocycles. The second-order valence-corrected chi connectivity index (χ2v) is 6.58. The topological polar surface area (TPSA) is 112 Å². The second kappa shape index (κ2) is 7.55. The van der Waals surface area contributed by atoms with Crippen LogP contribution in [0.3, 0.4) is 0 Å². The van der Waals surface area contributed by atoms with Crippen LogP contribution in [0.15, 0.2) is 60.3 Å². The van der Waals surface area contributed by atoms with Gasteiger partial charge in [-0.05, 0) is 30.4 Å². The van der Waals surface area contributed by atoms with Crippen molar-refractivity contribution in [2.75, 3.05) is 14.1 Å². The summed E-state index contributed by atoms with van der Waals surface area (Å²) in [6, 6.07) is 8.96. The van der Waals surface area contributed by atoms with Crippen molar-refractivity contribution in [3.05, 3.63) is 82.6 Å². The van der Waals surface area contributed by atoms with Gasteiger partial charge in [0.25, 0.3) is 0 Å². The molecule has 0 spiro atoms. The Balaban J connectivity index is 0.000000169.